The Balaban J connectivity index is 3.10. The molecule has 0 amide bonds. The predicted octanol–water partition coefficient (Wildman–Crippen LogP) is 2.11. The highest BCUT2D eigenvalue weighted by Crippen LogP contribution is 2.27. The van der Waals surface area contributed by atoms with E-state index in [1.54, 1.807) is 12.1 Å². The van der Waals surface area contributed by atoms with E-state index in [0.29, 0.717) is 22.2 Å². The van der Waals surface area contributed by atoms with Crippen LogP contribution in [0.15, 0.2) is 12.1 Å². The molecular weight excluding hydrogens is 197 g/mol. The summed E-state index contributed by atoms with van der Waals surface area (Å²) in [5, 5.41) is 9.71. The van der Waals surface area contributed by atoms with Crippen LogP contribution in [-0.4, -0.2) is 11.7 Å². The zero-order chi connectivity index (χ0) is 9.14. The Kier molecular flexibility index (Phi) is 3.20. The first-order valence-corrected chi connectivity index (χ1v) is 4.25. The second-order valence-electron chi connectivity index (χ2n) is 2.43. The molecule has 2 nitrogen and oxygen atoms in total. The van der Waals surface area contributed by atoms with Gasteiger partial charge in [0.2, 0.25) is 0 Å². The third-order valence-corrected chi connectivity index (χ3v) is 2.11. The molecule has 0 heterocycles. The van der Waals surface area contributed by atoms with E-state index in [1.807, 2.05) is 0 Å². The predicted molar refractivity (Wildman–Crippen MR) is 51.7 cm³/mol. The van der Waals surface area contributed by atoms with Gasteiger partial charge in [0.1, 0.15) is 0 Å². The number of benzene rings is 1. The molecule has 0 aliphatic carbocycles. The van der Waals surface area contributed by atoms with Crippen molar-refractivity contribution in [2.45, 2.75) is 6.42 Å². The fourth-order valence-electron chi connectivity index (χ4n) is 0.999. The SMILES string of the molecule is Nc1cc(Cl)cc(Cl)c1CCO. The summed E-state index contributed by atoms with van der Waals surface area (Å²) < 4.78 is 0. The highest BCUT2D eigenvalue weighted by molar-refractivity contribution is 6.35. The zero-order valence-corrected chi connectivity index (χ0v) is 7.86. The largest absolute Gasteiger partial charge is 0.398 e. The Morgan fingerprint density at radius 1 is 1.33 bits per heavy atom. The lowest BCUT2D eigenvalue weighted by Crippen LogP contribution is -1.98. The lowest BCUT2D eigenvalue weighted by atomic mass is 10.1. The summed E-state index contributed by atoms with van der Waals surface area (Å²) in [4.78, 5) is 0. The molecule has 0 aromatic heterocycles. The molecular formula is C8H9Cl2NO. The van der Waals surface area contributed by atoms with Crippen LogP contribution >= 0.6 is 23.2 Å². The average molecular weight is 206 g/mol. The third kappa shape index (κ3) is 2.03. The maximum atomic E-state index is 8.69. The molecule has 1 aromatic rings. The average Bonchev–Trinajstić information content (AvgIpc) is 1.96. The van der Waals surface area contributed by atoms with E-state index in [4.69, 9.17) is 34.0 Å². The van der Waals surface area contributed by atoms with Gasteiger partial charge in [-0.15, -0.1) is 0 Å². The molecule has 0 saturated heterocycles. The number of aliphatic hydroxyl groups is 1. The quantitative estimate of drug-likeness (QED) is 0.728. The van der Waals surface area contributed by atoms with E-state index in [9.17, 15) is 0 Å². The minimum Gasteiger partial charge on any atom is -0.398 e. The van der Waals surface area contributed by atoms with Crippen LogP contribution in [0.5, 0.6) is 0 Å². The van der Waals surface area contributed by atoms with Crippen molar-refractivity contribution >= 4 is 28.9 Å². The maximum absolute atomic E-state index is 8.69. The van der Waals surface area contributed by atoms with E-state index < -0.39 is 0 Å². The molecule has 0 unspecified atom stereocenters. The lowest BCUT2D eigenvalue weighted by molar-refractivity contribution is 0.300. The van der Waals surface area contributed by atoms with E-state index in [2.05, 4.69) is 0 Å². The Morgan fingerprint density at radius 3 is 2.50 bits per heavy atom. The van der Waals surface area contributed by atoms with Gasteiger partial charge in [-0.25, -0.2) is 0 Å². The standard InChI is InChI=1S/C8H9Cl2NO/c9-5-3-7(10)6(1-2-12)8(11)4-5/h3-4,12H,1-2,11H2. The molecule has 0 aliphatic rings. The highest BCUT2D eigenvalue weighted by Gasteiger charge is 2.05. The van der Waals surface area contributed by atoms with Crippen molar-refractivity contribution < 1.29 is 5.11 Å². The van der Waals surface area contributed by atoms with Crippen molar-refractivity contribution in [2.24, 2.45) is 0 Å². The number of nitrogen functional groups attached to an aromatic ring is 1. The number of hydrogen-bond acceptors (Lipinski definition) is 2. The fourth-order valence-corrected chi connectivity index (χ4v) is 1.60. The van der Waals surface area contributed by atoms with Crippen LogP contribution in [0.2, 0.25) is 10.0 Å². The van der Waals surface area contributed by atoms with Crippen molar-refractivity contribution in [3.05, 3.63) is 27.7 Å². The van der Waals surface area contributed by atoms with E-state index in [-0.39, 0.29) is 6.61 Å². The molecule has 0 fully saturated rings. The highest BCUT2D eigenvalue weighted by atomic mass is 35.5. The molecule has 66 valence electrons. The Morgan fingerprint density at radius 2 is 2.00 bits per heavy atom. The third-order valence-electron chi connectivity index (χ3n) is 1.56. The van der Waals surface area contributed by atoms with Gasteiger partial charge in [0, 0.05) is 22.3 Å². The summed E-state index contributed by atoms with van der Waals surface area (Å²) >= 11 is 11.5. The second kappa shape index (κ2) is 3.99. The molecule has 12 heavy (non-hydrogen) atoms. The van der Waals surface area contributed by atoms with Gasteiger partial charge in [0.15, 0.2) is 0 Å². The van der Waals surface area contributed by atoms with Gasteiger partial charge in [-0.05, 0) is 24.1 Å². The molecule has 0 spiro atoms. The summed E-state index contributed by atoms with van der Waals surface area (Å²) in [7, 11) is 0. The molecule has 4 heteroatoms. The smallest absolute Gasteiger partial charge is 0.0474 e. The van der Waals surface area contributed by atoms with Crippen LogP contribution in [0.4, 0.5) is 5.69 Å². The number of nitrogens with two attached hydrogens (primary N) is 1. The van der Waals surface area contributed by atoms with Crippen molar-refractivity contribution in [1.29, 1.82) is 0 Å². The molecule has 0 bridgehead atoms. The van der Waals surface area contributed by atoms with Gasteiger partial charge in [0.25, 0.3) is 0 Å². The van der Waals surface area contributed by atoms with Crippen LogP contribution in [0.3, 0.4) is 0 Å². The molecule has 1 aromatic carbocycles. The van der Waals surface area contributed by atoms with Crippen molar-refractivity contribution in [2.75, 3.05) is 12.3 Å². The van der Waals surface area contributed by atoms with Crippen LogP contribution in [0.25, 0.3) is 0 Å². The summed E-state index contributed by atoms with van der Waals surface area (Å²) in [6.07, 6.45) is 0.460. The van der Waals surface area contributed by atoms with Gasteiger partial charge in [-0.1, -0.05) is 23.2 Å². The first-order chi connectivity index (χ1) is 5.65. The molecule has 0 aliphatic heterocycles. The van der Waals surface area contributed by atoms with Gasteiger partial charge < -0.3 is 10.8 Å². The summed E-state index contributed by atoms with van der Waals surface area (Å²) in [5.41, 5.74) is 6.91. The monoisotopic (exact) mass is 205 g/mol. The van der Waals surface area contributed by atoms with Gasteiger partial charge in [-0.3, -0.25) is 0 Å². The summed E-state index contributed by atoms with van der Waals surface area (Å²) in [6, 6.07) is 3.24. The van der Waals surface area contributed by atoms with E-state index >= 15 is 0 Å². The maximum Gasteiger partial charge on any atom is 0.0474 e. The first kappa shape index (κ1) is 9.65. The van der Waals surface area contributed by atoms with Crippen LogP contribution in [0, 0.1) is 0 Å². The minimum absolute atomic E-state index is 0.0333. The van der Waals surface area contributed by atoms with Crippen LogP contribution in [-0.2, 0) is 6.42 Å². The zero-order valence-electron chi connectivity index (χ0n) is 6.35. The normalized spacial score (nSPS) is 10.2. The number of halogens is 2. The number of aliphatic hydroxyl groups excluding tert-OH is 1. The van der Waals surface area contributed by atoms with E-state index in [0.717, 1.165) is 5.56 Å². The van der Waals surface area contributed by atoms with Crippen LogP contribution < -0.4 is 5.73 Å². The van der Waals surface area contributed by atoms with Gasteiger partial charge in [0.05, 0.1) is 0 Å². The fraction of sp³-hybridized carbons (Fsp3) is 0.250. The van der Waals surface area contributed by atoms with Crippen molar-refractivity contribution in [1.82, 2.24) is 0 Å². The summed E-state index contributed by atoms with van der Waals surface area (Å²) in [5.74, 6) is 0. The Labute approximate surface area is 80.9 Å². The minimum atomic E-state index is 0.0333. The second-order valence-corrected chi connectivity index (χ2v) is 3.27. The van der Waals surface area contributed by atoms with E-state index in [1.165, 1.54) is 0 Å². The molecule has 0 saturated carbocycles. The number of anilines is 1. The Hall–Kier alpha value is -0.440. The Bertz CT molecular complexity index is 265. The molecule has 0 radical (unpaired) electrons. The first-order valence-electron chi connectivity index (χ1n) is 3.49. The van der Waals surface area contributed by atoms with Crippen LogP contribution in [0.1, 0.15) is 5.56 Å². The van der Waals surface area contributed by atoms with Crippen molar-refractivity contribution in [3.8, 4) is 0 Å². The molecule has 0 atom stereocenters. The molecule has 1 rings (SSSR count). The lowest BCUT2D eigenvalue weighted by Gasteiger charge is -2.06. The number of rotatable bonds is 2. The van der Waals surface area contributed by atoms with Crippen molar-refractivity contribution in [3.63, 3.8) is 0 Å². The van der Waals surface area contributed by atoms with Gasteiger partial charge >= 0.3 is 0 Å². The summed E-state index contributed by atoms with van der Waals surface area (Å²) in [6.45, 7) is 0.0333. The topological polar surface area (TPSA) is 46.2 Å². The number of hydrogen-bond donors (Lipinski definition) is 2. The molecule has 3 N–H and O–H groups in total. The van der Waals surface area contributed by atoms with Gasteiger partial charge in [-0.2, -0.15) is 0 Å².